The van der Waals surface area contributed by atoms with Crippen LogP contribution in [0.2, 0.25) is 0 Å². The number of esters is 1. The summed E-state index contributed by atoms with van der Waals surface area (Å²) in [5, 5.41) is 0. The Morgan fingerprint density at radius 3 is 2.35 bits per heavy atom. The Hall–Kier alpha value is -3.27. The van der Waals surface area contributed by atoms with E-state index in [0.29, 0.717) is 12.0 Å². The first-order chi connectivity index (χ1) is 14.6. The third kappa shape index (κ3) is 4.74. The topological polar surface area (TPSA) is 77.4 Å². The van der Waals surface area contributed by atoms with Crippen molar-refractivity contribution in [2.45, 2.75) is 24.4 Å². The average molecular weight is 452 g/mol. The minimum atomic E-state index is -4.66. The Labute approximate surface area is 177 Å². The van der Waals surface area contributed by atoms with Gasteiger partial charge < -0.3 is 9.30 Å². The largest absolute Gasteiger partial charge is 0.465 e. The molecule has 0 saturated heterocycles. The summed E-state index contributed by atoms with van der Waals surface area (Å²) in [6.07, 6.45) is -1.18. The van der Waals surface area contributed by atoms with E-state index in [1.807, 2.05) is 0 Å². The molecule has 31 heavy (non-hydrogen) atoms. The van der Waals surface area contributed by atoms with Crippen molar-refractivity contribution in [3.8, 4) is 5.69 Å². The van der Waals surface area contributed by atoms with Crippen LogP contribution in [0.1, 0.15) is 28.4 Å². The quantitative estimate of drug-likeness (QED) is 0.553. The number of anilines is 1. The summed E-state index contributed by atoms with van der Waals surface area (Å²) < 4.78 is 74.5. The van der Waals surface area contributed by atoms with E-state index in [2.05, 4.69) is 9.46 Å². The first-order valence-corrected chi connectivity index (χ1v) is 10.6. The monoisotopic (exact) mass is 452 g/mol. The highest BCUT2D eigenvalue weighted by Crippen LogP contribution is 2.34. The van der Waals surface area contributed by atoms with E-state index in [1.165, 1.54) is 22.8 Å². The highest BCUT2D eigenvalue weighted by atomic mass is 32.2. The van der Waals surface area contributed by atoms with E-state index >= 15 is 0 Å². The molecule has 0 aliphatic carbocycles. The number of hydrogen-bond acceptors (Lipinski definition) is 4. The molecule has 2 aromatic carbocycles. The molecule has 0 aliphatic rings. The van der Waals surface area contributed by atoms with Crippen LogP contribution in [0.15, 0.2) is 65.8 Å². The van der Waals surface area contributed by atoms with Crippen molar-refractivity contribution in [1.29, 1.82) is 0 Å². The predicted octanol–water partition coefficient (Wildman–Crippen LogP) is 4.65. The van der Waals surface area contributed by atoms with Gasteiger partial charge in [0.25, 0.3) is 10.0 Å². The number of nitrogens with zero attached hydrogens (tertiary/aromatic N) is 1. The molecule has 1 aromatic heterocycles. The number of carbonyl (C=O) groups excluding carboxylic acids is 1. The highest BCUT2D eigenvalue weighted by molar-refractivity contribution is 7.92. The summed E-state index contributed by atoms with van der Waals surface area (Å²) in [6, 6.07) is 10.2. The molecule has 0 atom stereocenters. The minimum absolute atomic E-state index is 0.00903. The summed E-state index contributed by atoms with van der Waals surface area (Å²) in [5.41, 5.74) is -0.634. The molecule has 3 rings (SSSR count). The third-order valence-electron chi connectivity index (χ3n) is 4.61. The fourth-order valence-electron chi connectivity index (χ4n) is 3.06. The molecule has 0 radical (unpaired) electrons. The van der Waals surface area contributed by atoms with Crippen molar-refractivity contribution in [2.24, 2.45) is 0 Å². The van der Waals surface area contributed by atoms with Gasteiger partial charge in [-0.05, 0) is 54.4 Å². The summed E-state index contributed by atoms with van der Waals surface area (Å²) in [4.78, 5) is 11.6. The molecule has 0 spiro atoms. The van der Waals surface area contributed by atoms with Gasteiger partial charge in [0.1, 0.15) is 0 Å². The second kappa shape index (κ2) is 8.46. The maximum Gasteiger partial charge on any atom is 0.416 e. The zero-order valence-corrected chi connectivity index (χ0v) is 17.4. The van der Waals surface area contributed by atoms with Crippen LogP contribution in [-0.2, 0) is 27.4 Å². The van der Waals surface area contributed by atoms with Crippen LogP contribution in [0.4, 0.5) is 18.9 Å². The van der Waals surface area contributed by atoms with Gasteiger partial charge in [-0.15, -0.1) is 0 Å². The van der Waals surface area contributed by atoms with Crippen molar-refractivity contribution in [3.63, 3.8) is 0 Å². The number of aromatic nitrogens is 1. The van der Waals surface area contributed by atoms with Gasteiger partial charge in [-0.2, -0.15) is 13.2 Å². The lowest BCUT2D eigenvalue weighted by molar-refractivity contribution is -0.137. The minimum Gasteiger partial charge on any atom is -0.465 e. The zero-order valence-electron chi connectivity index (χ0n) is 16.6. The number of benzene rings is 2. The second-order valence-corrected chi connectivity index (χ2v) is 8.24. The van der Waals surface area contributed by atoms with Gasteiger partial charge in [0.05, 0.1) is 34.5 Å². The van der Waals surface area contributed by atoms with Crippen LogP contribution in [0.3, 0.4) is 0 Å². The van der Waals surface area contributed by atoms with E-state index in [0.717, 1.165) is 25.3 Å². The van der Waals surface area contributed by atoms with Crippen LogP contribution in [0.5, 0.6) is 0 Å². The Morgan fingerprint density at radius 2 is 1.77 bits per heavy atom. The Balaban J connectivity index is 2.14. The first kappa shape index (κ1) is 22.4. The third-order valence-corrected chi connectivity index (χ3v) is 6.06. The Morgan fingerprint density at radius 1 is 1.10 bits per heavy atom. The Kier molecular flexibility index (Phi) is 6.12. The first-order valence-electron chi connectivity index (χ1n) is 9.15. The number of ether oxygens (including phenoxy) is 1. The van der Waals surface area contributed by atoms with Crippen molar-refractivity contribution in [1.82, 2.24) is 4.57 Å². The molecule has 164 valence electrons. The summed E-state index contributed by atoms with van der Waals surface area (Å²) in [7, 11) is -3.17. The van der Waals surface area contributed by atoms with E-state index in [9.17, 15) is 26.4 Å². The van der Waals surface area contributed by atoms with Gasteiger partial charge in [-0.25, -0.2) is 13.2 Å². The SMILES string of the molecule is CCc1ccc(C(=O)OC)cc1S(=O)(=O)Nc1cc(C(F)(F)F)ccc1-n1cccc1. The average Bonchev–Trinajstić information content (AvgIpc) is 3.26. The van der Waals surface area contributed by atoms with Crippen LogP contribution in [0.25, 0.3) is 5.69 Å². The molecule has 0 saturated carbocycles. The van der Waals surface area contributed by atoms with E-state index in [-0.39, 0.29) is 21.8 Å². The predicted molar refractivity (Wildman–Crippen MR) is 109 cm³/mol. The second-order valence-electron chi connectivity index (χ2n) is 6.59. The molecule has 3 aromatic rings. The number of carbonyl (C=O) groups is 1. The maximum atomic E-state index is 13.3. The zero-order chi connectivity index (χ0) is 22.8. The molecule has 0 bridgehead atoms. The number of sulfonamides is 1. The molecule has 0 fully saturated rings. The van der Waals surface area contributed by atoms with Gasteiger partial charge in [0, 0.05) is 12.4 Å². The standard InChI is InChI=1S/C21H19F3N2O4S/c1-3-14-6-7-15(20(27)30-2)12-19(14)31(28,29)25-17-13-16(21(22,23)24)8-9-18(17)26-10-4-5-11-26/h4-13,25H,3H2,1-2H3. The van der Waals surface area contributed by atoms with Crippen molar-refractivity contribution in [2.75, 3.05) is 11.8 Å². The van der Waals surface area contributed by atoms with Crippen LogP contribution < -0.4 is 4.72 Å². The normalized spacial score (nSPS) is 11.9. The van der Waals surface area contributed by atoms with Crippen LogP contribution >= 0.6 is 0 Å². The molecular formula is C21H19F3N2O4S. The summed E-state index contributed by atoms with van der Waals surface area (Å²) >= 11 is 0. The number of halogens is 3. The van der Waals surface area contributed by atoms with Crippen LogP contribution in [0, 0.1) is 0 Å². The van der Waals surface area contributed by atoms with Crippen molar-refractivity contribution >= 4 is 21.7 Å². The molecular weight excluding hydrogens is 433 g/mol. The number of alkyl halides is 3. The lowest BCUT2D eigenvalue weighted by atomic mass is 10.1. The number of aryl methyl sites for hydroxylation is 1. The molecule has 0 aliphatic heterocycles. The summed E-state index contributed by atoms with van der Waals surface area (Å²) in [5.74, 6) is -0.730. The van der Waals surface area contributed by atoms with Crippen molar-refractivity contribution in [3.05, 3.63) is 77.6 Å². The van der Waals surface area contributed by atoms with E-state index < -0.39 is 27.7 Å². The fraction of sp³-hybridized carbons (Fsp3) is 0.190. The van der Waals surface area contributed by atoms with Crippen molar-refractivity contribution < 1.29 is 31.1 Å². The van der Waals surface area contributed by atoms with E-state index in [4.69, 9.17) is 0 Å². The lowest BCUT2D eigenvalue weighted by Gasteiger charge is -2.17. The molecule has 0 amide bonds. The van der Waals surface area contributed by atoms with Gasteiger partial charge in [-0.1, -0.05) is 13.0 Å². The highest BCUT2D eigenvalue weighted by Gasteiger charge is 2.32. The maximum absolute atomic E-state index is 13.3. The lowest BCUT2D eigenvalue weighted by Crippen LogP contribution is -2.18. The molecule has 10 heteroatoms. The number of hydrogen-bond donors (Lipinski definition) is 1. The number of nitrogens with one attached hydrogen (secondary N) is 1. The van der Waals surface area contributed by atoms with Gasteiger partial charge in [0.15, 0.2) is 0 Å². The van der Waals surface area contributed by atoms with E-state index in [1.54, 1.807) is 31.5 Å². The fourth-order valence-corrected chi connectivity index (χ4v) is 4.46. The summed E-state index contributed by atoms with van der Waals surface area (Å²) in [6.45, 7) is 1.72. The molecule has 6 nitrogen and oxygen atoms in total. The molecule has 1 heterocycles. The number of rotatable bonds is 6. The number of methoxy groups -OCH3 is 1. The Bertz CT molecular complexity index is 1200. The van der Waals surface area contributed by atoms with Gasteiger partial charge >= 0.3 is 12.1 Å². The van der Waals surface area contributed by atoms with Gasteiger partial charge in [0.2, 0.25) is 0 Å². The van der Waals surface area contributed by atoms with Gasteiger partial charge in [-0.3, -0.25) is 4.72 Å². The van der Waals surface area contributed by atoms with Crippen LogP contribution in [-0.4, -0.2) is 26.1 Å². The molecule has 0 unspecified atom stereocenters. The molecule has 1 N–H and O–H groups in total. The smallest absolute Gasteiger partial charge is 0.416 e.